The lowest BCUT2D eigenvalue weighted by atomic mass is 9.88. The number of carbonyl (C=O) groups excluding carboxylic acids is 2. The molecule has 2 aliphatic heterocycles. The molecular weight excluding hydrogens is 344 g/mol. The number of piperidine rings is 1. The predicted octanol–water partition coefficient (Wildman–Crippen LogP) is 2.51. The standard InChI is InChI=1S/C21H28N2O4/c24-20(15-6-2-1-3-7-15)22-16-10-12-23(13-11-16)21(25)19-14-26-17-8-4-5-9-18(17)27-19/h4-5,8-9,15-16,19H,1-3,6-7,10-14H2,(H,22,24)/t19-/m1/s1. The minimum absolute atomic E-state index is 0.0263. The first-order valence-electron chi connectivity index (χ1n) is 10.2. The maximum atomic E-state index is 12.8. The van der Waals surface area contributed by atoms with E-state index in [0.29, 0.717) is 24.6 Å². The van der Waals surface area contributed by atoms with Gasteiger partial charge in [-0.2, -0.15) is 0 Å². The molecule has 6 heteroatoms. The summed E-state index contributed by atoms with van der Waals surface area (Å²) in [5, 5.41) is 3.21. The smallest absolute Gasteiger partial charge is 0.267 e. The van der Waals surface area contributed by atoms with Crippen LogP contribution in [0.5, 0.6) is 11.5 Å². The van der Waals surface area contributed by atoms with Crippen LogP contribution in [0.15, 0.2) is 24.3 Å². The highest BCUT2D eigenvalue weighted by molar-refractivity contribution is 5.82. The maximum absolute atomic E-state index is 12.8. The van der Waals surface area contributed by atoms with Crippen LogP contribution in [-0.2, 0) is 9.59 Å². The lowest BCUT2D eigenvalue weighted by Gasteiger charge is -2.36. The summed E-state index contributed by atoms with van der Waals surface area (Å²) in [4.78, 5) is 27.0. The van der Waals surface area contributed by atoms with E-state index in [4.69, 9.17) is 9.47 Å². The molecule has 1 saturated carbocycles. The van der Waals surface area contributed by atoms with Crippen LogP contribution < -0.4 is 14.8 Å². The molecule has 4 rings (SSSR count). The minimum Gasteiger partial charge on any atom is -0.485 e. The Morgan fingerprint density at radius 2 is 1.67 bits per heavy atom. The molecule has 1 atom stereocenters. The van der Waals surface area contributed by atoms with E-state index >= 15 is 0 Å². The van der Waals surface area contributed by atoms with E-state index in [1.807, 2.05) is 29.2 Å². The van der Waals surface area contributed by atoms with E-state index < -0.39 is 6.10 Å². The van der Waals surface area contributed by atoms with Gasteiger partial charge in [-0.05, 0) is 37.8 Å². The van der Waals surface area contributed by atoms with Gasteiger partial charge in [-0.3, -0.25) is 9.59 Å². The predicted molar refractivity (Wildman–Crippen MR) is 101 cm³/mol. The fraction of sp³-hybridized carbons (Fsp3) is 0.619. The molecule has 0 unspecified atom stereocenters. The number of carbonyl (C=O) groups is 2. The molecule has 2 fully saturated rings. The summed E-state index contributed by atoms with van der Waals surface area (Å²) >= 11 is 0. The molecule has 1 saturated heterocycles. The Labute approximate surface area is 160 Å². The number of fused-ring (bicyclic) bond motifs is 1. The summed E-state index contributed by atoms with van der Waals surface area (Å²) in [7, 11) is 0. The van der Waals surface area contributed by atoms with E-state index in [9.17, 15) is 9.59 Å². The largest absolute Gasteiger partial charge is 0.485 e. The van der Waals surface area contributed by atoms with Crippen molar-refractivity contribution >= 4 is 11.8 Å². The second kappa shape index (κ2) is 8.19. The minimum atomic E-state index is -0.590. The van der Waals surface area contributed by atoms with Crippen LogP contribution in [0.3, 0.4) is 0 Å². The number of rotatable bonds is 3. The molecule has 1 aromatic carbocycles. The zero-order valence-electron chi connectivity index (χ0n) is 15.7. The Kier molecular flexibility index (Phi) is 5.50. The highest BCUT2D eigenvalue weighted by atomic mass is 16.6. The van der Waals surface area contributed by atoms with Crippen molar-refractivity contribution in [1.29, 1.82) is 0 Å². The Bertz CT molecular complexity index is 679. The third kappa shape index (κ3) is 4.20. The number of nitrogens with one attached hydrogen (secondary N) is 1. The van der Waals surface area contributed by atoms with Crippen molar-refractivity contribution in [2.75, 3.05) is 19.7 Å². The first-order valence-corrected chi connectivity index (χ1v) is 10.2. The maximum Gasteiger partial charge on any atom is 0.267 e. The summed E-state index contributed by atoms with van der Waals surface area (Å²) in [5.41, 5.74) is 0. The van der Waals surface area contributed by atoms with Gasteiger partial charge in [0, 0.05) is 25.0 Å². The van der Waals surface area contributed by atoms with Crippen LogP contribution in [0.1, 0.15) is 44.9 Å². The zero-order chi connectivity index (χ0) is 18.6. The molecule has 2 heterocycles. The van der Waals surface area contributed by atoms with E-state index in [1.165, 1.54) is 6.42 Å². The number of hydrogen-bond donors (Lipinski definition) is 1. The molecular formula is C21H28N2O4. The van der Waals surface area contributed by atoms with Gasteiger partial charge in [-0.25, -0.2) is 0 Å². The molecule has 1 N–H and O–H groups in total. The number of amides is 2. The Balaban J connectivity index is 1.25. The van der Waals surface area contributed by atoms with Crippen molar-refractivity contribution in [2.24, 2.45) is 5.92 Å². The van der Waals surface area contributed by atoms with Crippen LogP contribution in [0.4, 0.5) is 0 Å². The van der Waals surface area contributed by atoms with Crippen LogP contribution in [0.25, 0.3) is 0 Å². The Hall–Kier alpha value is -2.24. The number of para-hydroxylation sites is 2. The van der Waals surface area contributed by atoms with Crippen LogP contribution in [0.2, 0.25) is 0 Å². The average molecular weight is 372 g/mol. The molecule has 0 aromatic heterocycles. The number of nitrogens with zero attached hydrogens (tertiary/aromatic N) is 1. The summed E-state index contributed by atoms with van der Waals surface area (Å²) < 4.78 is 11.5. The third-order valence-corrected chi connectivity index (χ3v) is 5.91. The Morgan fingerprint density at radius 1 is 0.963 bits per heavy atom. The lowest BCUT2D eigenvalue weighted by Crippen LogP contribution is -2.52. The van der Waals surface area contributed by atoms with Crippen molar-refractivity contribution < 1.29 is 19.1 Å². The summed E-state index contributed by atoms with van der Waals surface area (Å²) in [5.74, 6) is 1.68. The SMILES string of the molecule is O=C(NC1CCN(C(=O)[C@H]2COc3ccccc3O2)CC1)C1CCCCC1. The van der Waals surface area contributed by atoms with Crippen LogP contribution >= 0.6 is 0 Å². The van der Waals surface area contributed by atoms with Gasteiger partial charge >= 0.3 is 0 Å². The van der Waals surface area contributed by atoms with E-state index in [1.54, 1.807) is 0 Å². The van der Waals surface area contributed by atoms with Crippen LogP contribution in [-0.4, -0.2) is 48.6 Å². The number of benzene rings is 1. The molecule has 1 aliphatic carbocycles. The van der Waals surface area contributed by atoms with Crippen molar-refractivity contribution in [3.8, 4) is 11.5 Å². The quantitative estimate of drug-likeness (QED) is 0.885. The number of hydrogen-bond acceptors (Lipinski definition) is 4. The third-order valence-electron chi connectivity index (χ3n) is 5.91. The number of likely N-dealkylation sites (tertiary alicyclic amines) is 1. The first-order chi connectivity index (χ1) is 13.2. The Morgan fingerprint density at radius 3 is 2.41 bits per heavy atom. The monoisotopic (exact) mass is 372 g/mol. The van der Waals surface area contributed by atoms with Gasteiger partial charge < -0.3 is 19.7 Å². The lowest BCUT2D eigenvalue weighted by molar-refractivity contribution is -0.142. The highest BCUT2D eigenvalue weighted by Crippen LogP contribution is 2.31. The molecule has 0 spiro atoms. The van der Waals surface area contributed by atoms with E-state index in [2.05, 4.69) is 5.32 Å². The van der Waals surface area contributed by atoms with Crippen molar-refractivity contribution in [3.63, 3.8) is 0 Å². The summed E-state index contributed by atoms with van der Waals surface area (Å²) in [6.45, 7) is 1.54. The molecule has 0 bridgehead atoms. The molecule has 146 valence electrons. The van der Waals surface area contributed by atoms with Gasteiger partial charge in [0.2, 0.25) is 12.0 Å². The van der Waals surface area contributed by atoms with Gasteiger partial charge in [0.25, 0.3) is 5.91 Å². The summed E-state index contributed by atoms with van der Waals surface area (Å²) in [6, 6.07) is 7.60. The van der Waals surface area contributed by atoms with Crippen molar-refractivity contribution in [1.82, 2.24) is 10.2 Å². The highest BCUT2D eigenvalue weighted by Gasteiger charge is 2.33. The van der Waals surface area contributed by atoms with Crippen molar-refractivity contribution in [2.45, 2.75) is 57.1 Å². The molecule has 1 aromatic rings. The van der Waals surface area contributed by atoms with E-state index in [-0.39, 0.29) is 30.4 Å². The van der Waals surface area contributed by atoms with Gasteiger partial charge in [0.05, 0.1) is 0 Å². The van der Waals surface area contributed by atoms with Gasteiger partial charge in [-0.1, -0.05) is 31.4 Å². The molecule has 3 aliphatic rings. The fourth-order valence-electron chi connectivity index (χ4n) is 4.27. The normalized spacial score (nSPS) is 23.7. The van der Waals surface area contributed by atoms with Crippen molar-refractivity contribution in [3.05, 3.63) is 24.3 Å². The molecule has 27 heavy (non-hydrogen) atoms. The van der Waals surface area contributed by atoms with Gasteiger partial charge in [-0.15, -0.1) is 0 Å². The second-order valence-corrected chi connectivity index (χ2v) is 7.81. The molecule has 6 nitrogen and oxygen atoms in total. The average Bonchev–Trinajstić information content (AvgIpc) is 2.74. The zero-order valence-corrected chi connectivity index (χ0v) is 15.7. The molecule has 2 amide bonds. The van der Waals surface area contributed by atoms with E-state index in [0.717, 1.165) is 38.5 Å². The second-order valence-electron chi connectivity index (χ2n) is 7.81. The summed E-state index contributed by atoms with van der Waals surface area (Å²) in [6.07, 6.45) is 6.63. The van der Waals surface area contributed by atoms with Gasteiger partial charge in [0.1, 0.15) is 6.61 Å². The first kappa shape index (κ1) is 18.1. The van der Waals surface area contributed by atoms with Crippen LogP contribution in [0, 0.1) is 5.92 Å². The fourth-order valence-corrected chi connectivity index (χ4v) is 4.27. The molecule has 0 radical (unpaired) electrons. The topological polar surface area (TPSA) is 67.9 Å². The van der Waals surface area contributed by atoms with Gasteiger partial charge in [0.15, 0.2) is 11.5 Å². The number of ether oxygens (including phenoxy) is 2.